The number of nitrogens with zero attached hydrogens (tertiary/aromatic N) is 2. The lowest BCUT2D eigenvalue weighted by Crippen LogP contribution is -2.26. The Bertz CT molecular complexity index is 558. The molecule has 0 radical (unpaired) electrons. The Morgan fingerprint density at radius 2 is 2.11 bits per heavy atom. The second-order valence-corrected chi connectivity index (χ2v) is 6.34. The van der Waals surface area contributed by atoms with Gasteiger partial charge < -0.3 is 5.32 Å². The van der Waals surface area contributed by atoms with Crippen LogP contribution in [0.15, 0.2) is 6.20 Å². The van der Waals surface area contributed by atoms with Crippen molar-refractivity contribution >= 4 is 11.5 Å². The number of fused-ring (bicyclic) bond motifs is 3. The predicted octanol–water partition coefficient (Wildman–Crippen LogP) is 3.72. The van der Waals surface area contributed by atoms with E-state index in [9.17, 15) is 0 Å². The van der Waals surface area contributed by atoms with Gasteiger partial charge in [-0.25, -0.2) is 4.85 Å². The monoisotopic (exact) mass is 253 g/mol. The Hall–Kier alpha value is -1.56. The summed E-state index contributed by atoms with van der Waals surface area (Å²) in [7, 11) is 0. The lowest BCUT2D eigenvalue weighted by atomic mass is 9.95. The molecule has 3 aliphatic carbocycles. The summed E-state index contributed by atoms with van der Waals surface area (Å²) in [6.07, 6.45) is 10.7. The fourth-order valence-corrected chi connectivity index (χ4v) is 4.39. The Kier molecular flexibility index (Phi) is 2.51. The van der Waals surface area contributed by atoms with E-state index in [0.29, 0.717) is 6.04 Å². The summed E-state index contributed by atoms with van der Waals surface area (Å²) in [5.41, 5.74) is 3.36. The van der Waals surface area contributed by atoms with Crippen LogP contribution in [-0.2, 0) is 12.8 Å². The molecule has 4 rings (SSSR count). The van der Waals surface area contributed by atoms with Crippen LogP contribution < -0.4 is 5.32 Å². The van der Waals surface area contributed by atoms with Gasteiger partial charge in [0.05, 0.1) is 6.57 Å². The molecule has 0 aromatic carbocycles. The van der Waals surface area contributed by atoms with Crippen molar-refractivity contribution in [1.82, 2.24) is 4.98 Å². The van der Waals surface area contributed by atoms with Gasteiger partial charge in [0.1, 0.15) is 5.82 Å². The standard InChI is InChI=1S/C16H19N3/c1-17-15-9-18-16(13-4-2-3-12(13)15)19-14-8-10-5-6-11(14)7-10/h9-11,14H,2-8H2,(H,18,19)/t10-,11+,14+/m0/s1. The molecule has 3 aliphatic rings. The summed E-state index contributed by atoms with van der Waals surface area (Å²) < 4.78 is 0. The number of rotatable bonds is 2. The van der Waals surface area contributed by atoms with Gasteiger partial charge in [0.25, 0.3) is 0 Å². The number of anilines is 1. The first kappa shape index (κ1) is 11.3. The first-order valence-corrected chi connectivity index (χ1v) is 7.50. The van der Waals surface area contributed by atoms with Crippen LogP contribution in [0.25, 0.3) is 4.85 Å². The number of pyridine rings is 1. The third-order valence-electron chi connectivity index (χ3n) is 5.31. The van der Waals surface area contributed by atoms with Gasteiger partial charge in [0.2, 0.25) is 5.69 Å². The molecule has 3 atom stereocenters. The summed E-state index contributed by atoms with van der Waals surface area (Å²) in [6, 6.07) is 0.634. The maximum Gasteiger partial charge on any atom is 0.208 e. The predicted molar refractivity (Wildman–Crippen MR) is 75.4 cm³/mol. The van der Waals surface area contributed by atoms with Crippen molar-refractivity contribution in [3.8, 4) is 0 Å². The highest BCUT2D eigenvalue weighted by Gasteiger charge is 2.39. The van der Waals surface area contributed by atoms with E-state index in [0.717, 1.165) is 36.2 Å². The maximum absolute atomic E-state index is 7.24. The highest BCUT2D eigenvalue weighted by molar-refractivity contribution is 5.63. The summed E-state index contributed by atoms with van der Waals surface area (Å²) in [6.45, 7) is 7.24. The minimum atomic E-state index is 0.634. The molecule has 1 N–H and O–H groups in total. The minimum absolute atomic E-state index is 0.634. The molecule has 19 heavy (non-hydrogen) atoms. The van der Waals surface area contributed by atoms with E-state index in [4.69, 9.17) is 6.57 Å². The number of hydrogen-bond acceptors (Lipinski definition) is 2. The van der Waals surface area contributed by atoms with Crippen LogP contribution in [0.1, 0.15) is 43.2 Å². The summed E-state index contributed by atoms with van der Waals surface area (Å²) in [5.74, 6) is 2.90. The zero-order valence-electron chi connectivity index (χ0n) is 11.2. The van der Waals surface area contributed by atoms with Crippen LogP contribution in [0.4, 0.5) is 11.5 Å². The van der Waals surface area contributed by atoms with Gasteiger partial charge in [0, 0.05) is 12.2 Å². The van der Waals surface area contributed by atoms with Crippen LogP contribution >= 0.6 is 0 Å². The molecule has 1 heterocycles. The lowest BCUT2D eigenvalue weighted by Gasteiger charge is -2.24. The van der Waals surface area contributed by atoms with Crippen molar-refractivity contribution in [3.63, 3.8) is 0 Å². The third kappa shape index (κ3) is 1.74. The van der Waals surface area contributed by atoms with E-state index >= 15 is 0 Å². The Morgan fingerprint density at radius 1 is 1.21 bits per heavy atom. The fourth-order valence-electron chi connectivity index (χ4n) is 4.39. The molecule has 2 fully saturated rings. The maximum atomic E-state index is 7.24. The zero-order valence-corrected chi connectivity index (χ0v) is 11.2. The zero-order chi connectivity index (χ0) is 12.8. The van der Waals surface area contributed by atoms with Crippen molar-refractivity contribution in [3.05, 3.63) is 28.7 Å². The Balaban J connectivity index is 1.62. The largest absolute Gasteiger partial charge is 0.367 e. The van der Waals surface area contributed by atoms with Crippen molar-refractivity contribution in [1.29, 1.82) is 0 Å². The molecule has 0 saturated heterocycles. The fraction of sp³-hybridized carbons (Fsp3) is 0.625. The average Bonchev–Trinajstić information content (AvgIpc) is 3.14. The van der Waals surface area contributed by atoms with E-state index in [1.165, 1.54) is 43.2 Å². The quantitative estimate of drug-likeness (QED) is 0.814. The molecule has 0 amide bonds. The first-order chi connectivity index (χ1) is 9.35. The van der Waals surface area contributed by atoms with E-state index in [1.807, 2.05) is 0 Å². The molecule has 0 aliphatic heterocycles. The second-order valence-electron chi connectivity index (χ2n) is 6.34. The van der Waals surface area contributed by atoms with Gasteiger partial charge in [-0.15, -0.1) is 0 Å². The molecule has 0 unspecified atom stereocenters. The summed E-state index contributed by atoms with van der Waals surface area (Å²) >= 11 is 0. The Morgan fingerprint density at radius 3 is 2.84 bits per heavy atom. The number of hydrogen-bond donors (Lipinski definition) is 1. The van der Waals surface area contributed by atoms with E-state index in [1.54, 1.807) is 6.20 Å². The van der Waals surface area contributed by atoms with Crippen LogP contribution in [0.2, 0.25) is 0 Å². The van der Waals surface area contributed by atoms with E-state index in [2.05, 4.69) is 15.1 Å². The molecule has 3 nitrogen and oxygen atoms in total. The van der Waals surface area contributed by atoms with Crippen molar-refractivity contribution in [2.75, 3.05) is 5.32 Å². The molecule has 1 aromatic rings. The first-order valence-electron chi connectivity index (χ1n) is 7.50. The molecule has 1 aromatic heterocycles. The number of nitrogens with one attached hydrogen (secondary N) is 1. The molecule has 0 spiro atoms. The van der Waals surface area contributed by atoms with Crippen molar-refractivity contribution < 1.29 is 0 Å². The summed E-state index contributed by atoms with van der Waals surface area (Å²) in [5, 5.41) is 3.71. The summed E-state index contributed by atoms with van der Waals surface area (Å²) in [4.78, 5) is 8.16. The van der Waals surface area contributed by atoms with E-state index in [-0.39, 0.29) is 0 Å². The van der Waals surface area contributed by atoms with Crippen molar-refractivity contribution in [2.45, 2.75) is 51.0 Å². The normalized spacial score (nSPS) is 31.2. The van der Waals surface area contributed by atoms with Gasteiger partial charge >= 0.3 is 0 Å². The van der Waals surface area contributed by atoms with Gasteiger partial charge in [-0.05, 0) is 61.5 Å². The molecular weight excluding hydrogens is 234 g/mol. The topological polar surface area (TPSA) is 29.3 Å². The van der Waals surface area contributed by atoms with Crippen LogP contribution in [0, 0.1) is 18.4 Å². The molecule has 3 heteroatoms. The second kappa shape index (κ2) is 4.23. The molecule has 2 saturated carbocycles. The van der Waals surface area contributed by atoms with Crippen LogP contribution in [0.3, 0.4) is 0 Å². The van der Waals surface area contributed by atoms with Crippen LogP contribution in [0.5, 0.6) is 0 Å². The van der Waals surface area contributed by atoms with Crippen molar-refractivity contribution in [2.24, 2.45) is 11.8 Å². The lowest BCUT2D eigenvalue weighted by molar-refractivity contribution is 0.438. The average molecular weight is 253 g/mol. The Labute approximate surface area is 114 Å². The van der Waals surface area contributed by atoms with Crippen LogP contribution in [-0.4, -0.2) is 11.0 Å². The minimum Gasteiger partial charge on any atom is -0.367 e. The molecule has 98 valence electrons. The van der Waals surface area contributed by atoms with Gasteiger partial charge in [-0.3, -0.25) is 4.98 Å². The van der Waals surface area contributed by atoms with E-state index < -0.39 is 0 Å². The molecular formula is C16H19N3. The third-order valence-corrected chi connectivity index (χ3v) is 5.31. The SMILES string of the molecule is [C-]#[N+]c1cnc(N[C@@H]2C[C@H]3CC[C@@H]2C3)c2c1CCC2. The van der Waals surface area contributed by atoms with Gasteiger partial charge in [0.15, 0.2) is 0 Å². The number of aromatic nitrogens is 1. The molecule has 2 bridgehead atoms. The smallest absolute Gasteiger partial charge is 0.208 e. The highest BCUT2D eigenvalue weighted by atomic mass is 15.0. The highest BCUT2D eigenvalue weighted by Crippen LogP contribution is 2.46. The van der Waals surface area contributed by atoms with Gasteiger partial charge in [-0.1, -0.05) is 6.42 Å². The van der Waals surface area contributed by atoms with Gasteiger partial charge in [-0.2, -0.15) is 0 Å².